The van der Waals surface area contributed by atoms with Crippen LogP contribution < -0.4 is 15.6 Å². The number of hydrogen-bond acceptors (Lipinski definition) is 5. The summed E-state index contributed by atoms with van der Waals surface area (Å²) < 4.78 is 20.1. The summed E-state index contributed by atoms with van der Waals surface area (Å²) in [5.41, 5.74) is -0.593. The summed E-state index contributed by atoms with van der Waals surface area (Å²) in [4.78, 5) is 28.2. The first-order chi connectivity index (χ1) is 14.0. The zero-order valence-corrected chi connectivity index (χ0v) is 15.9. The van der Waals surface area contributed by atoms with Crippen molar-refractivity contribution in [2.75, 3.05) is 11.9 Å². The lowest BCUT2D eigenvalue weighted by atomic mass is 9.82. The molecule has 3 atom stereocenters. The summed E-state index contributed by atoms with van der Waals surface area (Å²) in [6, 6.07) is 5.62. The van der Waals surface area contributed by atoms with Crippen molar-refractivity contribution in [1.29, 1.82) is 0 Å². The van der Waals surface area contributed by atoms with Crippen LogP contribution >= 0.6 is 0 Å². The molecule has 4 rings (SSSR count). The normalized spacial score (nSPS) is 24.9. The van der Waals surface area contributed by atoms with Gasteiger partial charge in [-0.05, 0) is 30.9 Å². The number of hydrogen-bond donors (Lipinski definition) is 1. The number of pyridine rings is 1. The molecule has 0 radical (unpaired) electrons. The molecule has 0 aromatic carbocycles. The van der Waals surface area contributed by atoms with Gasteiger partial charge in [-0.1, -0.05) is 24.3 Å². The molecule has 8 heteroatoms. The minimum absolute atomic E-state index is 0.150. The van der Waals surface area contributed by atoms with E-state index in [-0.39, 0.29) is 28.7 Å². The highest BCUT2D eigenvalue weighted by atomic mass is 19.1. The molecule has 0 bridgehead atoms. The van der Waals surface area contributed by atoms with E-state index in [1.54, 1.807) is 7.05 Å². The number of aromatic nitrogens is 3. The highest BCUT2D eigenvalue weighted by Gasteiger charge is 2.62. The lowest BCUT2D eigenvalue weighted by Gasteiger charge is -2.26. The Kier molecular flexibility index (Phi) is 5.00. The minimum Gasteiger partial charge on any atom is -0.476 e. The molecule has 1 saturated carbocycles. The van der Waals surface area contributed by atoms with Gasteiger partial charge in [0.25, 0.3) is 5.56 Å². The molecule has 7 nitrogen and oxygen atoms in total. The number of halogens is 1. The standard InChI is InChI=1S/C21H21FN4O3/c1-26-19(27)10-9-18(25-26)29-13-21(14-5-3-2-4-6-14)11-16(21)20(28)24-17-8-7-15(22)12-23-17/h2-5,7-10,12,14,16H,6,11,13H2,1H3,(H,23,24,28)/t14?,16-,21+/m0/s1. The van der Waals surface area contributed by atoms with Gasteiger partial charge in [0.15, 0.2) is 0 Å². The summed E-state index contributed by atoms with van der Waals surface area (Å²) in [7, 11) is 1.56. The number of rotatable bonds is 6. The van der Waals surface area contributed by atoms with E-state index in [4.69, 9.17) is 4.74 Å². The molecule has 150 valence electrons. The molecule has 29 heavy (non-hydrogen) atoms. The van der Waals surface area contributed by atoms with E-state index in [9.17, 15) is 14.0 Å². The third-order valence-corrected chi connectivity index (χ3v) is 5.56. The van der Waals surface area contributed by atoms with Crippen molar-refractivity contribution in [2.24, 2.45) is 24.3 Å². The van der Waals surface area contributed by atoms with E-state index in [0.717, 1.165) is 12.6 Å². The van der Waals surface area contributed by atoms with Gasteiger partial charge in [-0.2, -0.15) is 0 Å². The first kappa shape index (κ1) is 19.0. The van der Waals surface area contributed by atoms with Crippen molar-refractivity contribution >= 4 is 11.7 Å². The van der Waals surface area contributed by atoms with Gasteiger partial charge in [0.2, 0.25) is 11.8 Å². The molecule has 2 aliphatic rings. The molecule has 2 aromatic rings. The van der Waals surface area contributed by atoms with Crippen molar-refractivity contribution in [1.82, 2.24) is 14.8 Å². The van der Waals surface area contributed by atoms with Gasteiger partial charge in [-0.15, -0.1) is 5.10 Å². The minimum atomic E-state index is -0.457. The van der Waals surface area contributed by atoms with Crippen LogP contribution in [0.2, 0.25) is 0 Å². The number of nitrogens with zero attached hydrogens (tertiary/aromatic N) is 3. The number of allylic oxidation sites excluding steroid dienone is 4. The van der Waals surface area contributed by atoms with E-state index in [2.05, 4.69) is 27.6 Å². The zero-order chi connectivity index (χ0) is 20.4. The molecule has 2 aliphatic carbocycles. The Morgan fingerprint density at radius 3 is 2.90 bits per heavy atom. The van der Waals surface area contributed by atoms with Crippen molar-refractivity contribution < 1.29 is 13.9 Å². The van der Waals surface area contributed by atoms with Crippen LogP contribution in [0.3, 0.4) is 0 Å². The lowest BCUT2D eigenvalue weighted by molar-refractivity contribution is -0.118. The van der Waals surface area contributed by atoms with E-state index < -0.39 is 5.82 Å². The largest absolute Gasteiger partial charge is 0.476 e. The maximum absolute atomic E-state index is 13.0. The third-order valence-electron chi connectivity index (χ3n) is 5.56. The van der Waals surface area contributed by atoms with E-state index in [0.29, 0.717) is 24.7 Å². The number of ether oxygens (including phenoxy) is 1. The molecule has 0 aliphatic heterocycles. The van der Waals surface area contributed by atoms with Crippen molar-refractivity contribution in [3.8, 4) is 5.88 Å². The number of anilines is 1. The van der Waals surface area contributed by atoms with Crippen molar-refractivity contribution in [2.45, 2.75) is 12.8 Å². The fourth-order valence-electron chi connectivity index (χ4n) is 3.79. The number of aryl methyl sites for hydroxylation is 1. The second kappa shape index (κ2) is 7.62. The number of carbonyl (C=O) groups is 1. The van der Waals surface area contributed by atoms with Crippen LogP contribution in [0.4, 0.5) is 10.2 Å². The van der Waals surface area contributed by atoms with Crippen molar-refractivity contribution in [3.05, 3.63) is 70.9 Å². The fraction of sp³-hybridized carbons (Fsp3) is 0.333. The molecule has 1 N–H and O–H groups in total. The average Bonchev–Trinajstić information content (AvgIpc) is 3.47. The monoisotopic (exact) mass is 396 g/mol. The maximum atomic E-state index is 13.0. The lowest BCUT2D eigenvalue weighted by Crippen LogP contribution is -2.30. The molecular formula is C21H21FN4O3. The third kappa shape index (κ3) is 3.96. The van der Waals surface area contributed by atoms with Gasteiger partial charge >= 0.3 is 0 Å². The van der Waals surface area contributed by atoms with Gasteiger partial charge in [-0.3, -0.25) is 9.59 Å². The highest BCUT2D eigenvalue weighted by Crippen LogP contribution is 2.60. The van der Waals surface area contributed by atoms with Crippen LogP contribution in [0.15, 0.2) is 59.6 Å². The highest BCUT2D eigenvalue weighted by molar-refractivity contribution is 5.94. The second-order valence-electron chi connectivity index (χ2n) is 7.42. The van der Waals surface area contributed by atoms with Gasteiger partial charge in [0.05, 0.1) is 12.8 Å². The van der Waals surface area contributed by atoms with Crippen molar-refractivity contribution in [3.63, 3.8) is 0 Å². The van der Waals surface area contributed by atoms with Crippen LogP contribution in [0.5, 0.6) is 5.88 Å². The molecule has 0 spiro atoms. The summed E-state index contributed by atoms with van der Waals surface area (Å²) in [6.07, 6.45) is 10.7. The van der Waals surface area contributed by atoms with Gasteiger partial charge < -0.3 is 10.1 Å². The van der Waals surface area contributed by atoms with E-state index in [1.807, 2.05) is 12.2 Å². The second-order valence-corrected chi connectivity index (χ2v) is 7.42. The summed E-state index contributed by atoms with van der Waals surface area (Å²) in [6.45, 7) is 0.302. The molecule has 1 fully saturated rings. The maximum Gasteiger partial charge on any atom is 0.266 e. The Balaban J connectivity index is 1.49. The first-order valence-corrected chi connectivity index (χ1v) is 9.41. The van der Waals surface area contributed by atoms with E-state index >= 15 is 0 Å². The summed E-state index contributed by atoms with van der Waals surface area (Å²) in [5.74, 6) is -0.0740. The molecule has 0 saturated heterocycles. The number of nitrogens with one attached hydrogen (secondary N) is 1. The molecule has 2 aromatic heterocycles. The van der Waals surface area contributed by atoms with Gasteiger partial charge in [-0.25, -0.2) is 14.1 Å². The Morgan fingerprint density at radius 2 is 2.21 bits per heavy atom. The molecular weight excluding hydrogens is 375 g/mol. The zero-order valence-electron chi connectivity index (χ0n) is 15.9. The SMILES string of the molecule is Cn1nc(OC[C@@]2(C3C=CC=CC3)C[C@H]2C(=O)Nc2ccc(F)cn2)ccc1=O. The van der Waals surface area contributed by atoms with Gasteiger partial charge in [0, 0.05) is 30.5 Å². The Morgan fingerprint density at radius 1 is 1.34 bits per heavy atom. The molecule has 1 unspecified atom stereocenters. The van der Waals surface area contributed by atoms with Crippen LogP contribution in [0, 0.1) is 23.1 Å². The summed E-state index contributed by atoms with van der Waals surface area (Å²) >= 11 is 0. The molecule has 2 heterocycles. The van der Waals surface area contributed by atoms with Gasteiger partial charge in [0.1, 0.15) is 11.6 Å². The Hall–Kier alpha value is -3.29. The van der Waals surface area contributed by atoms with E-state index in [1.165, 1.54) is 28.9 Å². The smallest absolute Gasteiger partial charge is 0.266 e. The Labute approximate surface area is 166 Å². The quantitative estimate of drug-likeness (QED) is 0.811. The van der Waals surface area contributed by atoms with Crippen LogP contribution in [0.1, 0.15) is 12.8 Å². The first-order valence-electron chi connectivity index (χ1n) is 9.41. The topological polar surface area (TPSA) is 86.1 Å². The average molecular weight is 396 g/mol. The Bertz CT molecular complexity index is 1030. The summed E-state index contributed by atoms with van der Waals surface area (Å²) in [5, 5.41) is 6.86. The molecule has 1 amide bonds. The predicted octanol–water partition coefficient (Wildman–Crippen LogP) is 2.47. The van der Waals surface area contributed by atoms with Crippen LogP contribution in [-0.4, -0.2) is 27.3 Å². The fourth-order valence-corrected chi connectivity index (χ4v) is 3.79. The predicted molar refractivity (Wildman–Crippen MR) is 105 cm³/mol. The van der Waals surface area contributed by atoms with Crippen LogP contribution in [-0.2, 0) is 11.8 Å². The van der Waals surface area contributed by atoms with Crippen LogP contribution in [0.25, 0.3) is 0 Å². The number of carbonyl (C=O) groups excluding carboxylic acids is 1. The number of amides is 1.